The van der Waals surface area contributed by atoms with Crippen molar-refractivity contribution >= 4 is 39.1 Å². The largest absolute Gasteiger partial charge is 0.398 e. The summed E-state index contributed by atoms with van der Waals surface area (Å²) in [6.45, 7) is 0.408. The first-order valence-corrected chi connectivity index (χ1v) is 8.26. The fourth-order valence-electron chi connectivity index (χ4n) is 1.26. The van der Waals surface area contributed by atoms with E-state index in [4.69, 9.17) is 17.3 Å². The number of rotatable bonds is 6. The van der Waals surface area contributed by atoms with Crippen LogP contribution in [0, 0.1) is 0 Å². The Morgan fingerprint density at radius 2 is 2.18 bits per heavy atom. The Bertz CT molecular complexity index is 477. The highest BCUT2D eigenvalue weighted by atomic mass is 35.5. The van der Waals surface area contributed by atoms with Crippen molar-refractivity contribution in [2.24, 2.45) is 0 Å². The van der Waals surface area contributed by atoms with E-state index in [1.807, 2.05) is 6.26 Å². The van der Waals surface area contributed by atoms with Gasteiger partial charge in [-0.05, 0) is 36.6 Å². The van der Waals surface area contributed by atoms with Crippen LogP contribution in [0.5, 0.6) is 0 Å². The van der Waals surface area contributed by atoms with Gasteiger partial charge >= 0.3 is 0 Å². The molecule has 96 valence electrons. The molecule has 0 aliphatic heterocycles. The number of thioether (sulfide) groups is 1. The Kier molecular flexibility index (Phi) is 5.58. The van der Waals surface area contributed by atoms with Crippen LogP contribution in [0.15, 0.2) is 23.1 Å². The highest BCUT2D eigenvalue weighted by Gasteiger charge is 2.16. The highest BCUT2D eigenvalue weighted by Crippen LogP contribution is 2.22. The first-order chi connectivity index (χ1) is 7.97. The topological polar surface area (TPSA) is 72.2 Å². The number of anilines is 1. The molecule has 0 bridgehead atoms. The van der Waals surface area contributed by atoms with Crippen LogP contribution in [-0.2, 0) is 10.0 Å². The van der Waals surface area contributed by atoms with E-state index >= 15 is 0 Å². The molecule has 0 spiro atoms. The predicted octanol–water partition coefficient (Wildman–Crippen LogP) is 1.95. The van der Waals surface area contributed by atoms with E-state index < -0.39 is 10.0 Å². The van der Waals surface area contributed by atoms with E-state index in [-0.39, 0.29) is 10.6 Å². The van der Waals surface area contributed by atoms with E-state index in [1.165, 1.54) is 18.2 Å². The van der Waals surface area contributed by atoms with Crippen LogP contribution in [0.3, 0.4) is 0 Å². The maximum atomic E-state index is 11.9. The minimum absolute atomic E-state index is 0.0750. The van der Waals surface area contributed by atoms with Crippen molar-refractivity contribution < 1.29 is 8.42 Å². The standard InChI is InChI=1S/C10H15ClN2O2S2/c1-16-6-2-5-13-17(14,15)10-4-3-8(11)7-9(10)12/h3-4,7,13H,2,5-6,12H2,1H3. The number of nitrogens with two attached hydrogens (primary N) is 1. The number of halogens is 1. The first-order valence-electron chi connectivity index (χ1n) is 5.01. The second-order valence-electron chi connectivity index (χ2n) is 3.43. The summed E-state index contributed by atoms with van der Waals surface area (Å²) < 4.78 is 26.3. The second kappa shape index (κ2) is 6.49. The minimum Gasteiger partial charge on any atom is -0.398 e. The van der Waals surface area contributed by atoms with Crippen LogP contribution in [0.1, 0.15) is 6.42 Å². The Morgan fingerprint density at radius 3 is 2.76 bits per heavy atom. The third kappa shape index (κ3) is 4.39. The monoisotopic (exact) mass is 294 g/mol. The molecule has 0 aliphatic carbocycles. The Balaban J connectivity index is 2.76. The molecule has 0 aromatic heterocycles. The molecule has 17 heavy (non-hydrogen) atoms. The van der Waals surface area contributed by atoms with Crippen LogP contribution < -0.4 is 10.5 Å². The lowest BCUT2D eigenvalue weighted by molar-refractivity contribution is 0.581. The van der Waals surface area contributed by atoms with E-state index in [1.54, 1.807) is 11.8 Å². The molecule has 0 saturated heterocycles. The molecule has 7 heteroatoms. The molecule has 3 N–H and O–H groups in total. The number of nitrogen functional groups attached to an aromatic ring is 1. The maximum absolute atomic E-state index is 11.9. The van der Waals surface area contributed by atoms with Crippen molar-refractivity contribution in [3.05, 3.63) is 23.2 Å². The summed E-state index contributed by atoms with van der Waals surface area (Å²) in [6, 6.07) is 4.35. The lowest BCUT2D eigenvalue weighted by atomic mass is 10.3. The van der Waals surface area contributed by atoms with E-state index in [2.05, 4.69) is 4.72 Å². The fraction of sp³-hybridized carbons (Fsp3) is 0.400. The molecule has 0 aliphatic rings. The summed E-state index contributed by atoms with van der Waals surface area (Å²) in [5.41, 5.74) is 5.79. The summed E-state index contributed by atoms with van der Waals surface area (Å²) in [6.07, 6.45) is 2.76. The Morgan fingerprint density at radius 1 is 1.47 bits per heavy atom. The predicted molar refractivity (Wildman–Crippen MR) is 74.1 cm³/mol. The molecule has 4 nitrogen and oxygen atoms in total. The summed E-state index contributed by atoms with van der Waals surface area (Å²) in [7, 11) is -3.53. The van der Waals surface area contributed by atoms with Crippen LogP contribution in [0.25, 0.3) is 0 Å². The molecule has 0 unspecified atom stereocenters. The number of hydrogen-bond acceptors (Lipinski definition) is 4. The van der Waals surface area contributed by atoms with Crippen LogP contribution >= 0.6 is 23.4 Å². The molecular weight excluding hydrogens is 280 g/mol. The van der Waals surface area contributed by atoms with Gasteiger partial charge in [0.25, 0.3) is 0 Å². The van der Waals surface area contributed by atoms with Gasteiger partial charge in [0.05, 0.1) is 5.69 Å². The van der Waals surface area contributed by atoms with Crippen LogP contribution in [0.4, 0.5) is 5.69 Å². The number of sulfonamides is 1. The zero-order valence-electron chi connectivity index (χ0n) is 9.44. The van der Waals surface area contributed by atoms with Crippen molar-refractivity contribution in [2.75, 3.05) is 24.3 Å². The molecule has 0 fully saturated rings. The first kappa shape index (κ1) is 14.6. The third-order valence-corrected chi connectivity index (χ3v) is 4.55. The SMILES string of the molecule is CSCCCNS(=O)(=O)c1ccc(Cl)cc1N. The maximum Gasteiger partial charge on any atom is 0.242 e. The van der Waals surface area contributed by atoms with Gasteiger partial charge in [-0.2, -0.15) is 11.8 Å². The molecule has 0 atom stereocenters. The lowest BCUT2D eigenvalue weighted by Gasteiger charge is -2.08. The quantitative estimate of drug-likeness (QED) is 0.621. The van der Waals surface area contributed by atoms with Crippen molar-refractivity contribution in [1.82, 2.24) is 4.72 Å². The summed E-state index contributed by atoms with van der Waals surface area (Å²) >= 11 is 7.39. The molecule has 0 radical (unpaired) electrons. The van der Waals surface area contributed by atoms with Gasteiger partial charge in [0.1, 0.15) is 4.90 Å². The summed E-state index contributed by atoms with van der Waals surface area (Å²) in [5, 5.41) is 0.420. The average Bonchev–Trinajstić information content (AvgIpc) is 2.24. The van der Waals surface area contributed by atoms with Crippen molar-refractivity contribution in [1.29, 1.82) is 0 Å². The van der Waals surface area contributed by atoms with Crippen LogP contribution in [-0.4, -0.2) is 27.0 Å². The molecule has 1 aromatic rings. The average molecular weight is 295 g/mol. The fourth-order valence-corrected chi connectivity index (χ4v) is 3.06. The Hall–Kier alpha value is -0.430. The second-order valence-corrected chi connectivity index (χ2v) is 6.58. The third-order valence-electron chi connectivity index (χ3n) is 2.08. The van der Waals surface area contributed by atoms with E-state index in [9.17, 15) is 8.42 Å². The van der Waals surface area contributed by atoms with Crippen molar-refractivity contribution in [3.8, 4) is 0 Å². The highest BCUT2D eigenvalue weighted by molar-refractivity contribution is 7.98. The van der Waals surface area contributed by atoms with E-state index in [0.717, 1.165) is 12.2 Å². The van der Waals surface area contributed by atoms with E-state index in [0.29, 0.717) is 11.6 Å². The molecule has 1 aromatic carbocycles. The van der Waals surface area contributed by atoms with Gasteiger partial charge in [-0.1, -0.05) is 11.6 Å². The van der Waals surface area contributed by atoms with Crippen molar-refractivity contribution in [3.63, 3.8) is 0 Å². The van der Waals surface area contributed by atoms with Gasteiger partial charge in [-0.15, -0.1) is 0 Å². The van der Waals surface area contributed by atoms with Gasteiger partial charge in [-0.25, -0.2) is 13.1 Å². The van der Waals surface area contributed by atoms with Gasteiger partial charge in [0, 0.05) is 11.6 Å². The molecule has 0 saturated carbocycles. The molecular formula is C10H15ClN2O2S2. The zero-order valence-corrected chi connectivity index (χ0v) is 11.8. The van der Waals surface area contributed by atoms with Gasteiger partial charge in [0.15, 0.2) is 0 Å². The number of benzene rings is 1. The zero-order chi connectivity index (χ0) is 12.9. The molecule has 0 heterocycles. The minimum atomic E-state index is -3.53. The summed E-state index contributed by atoms with van der Waals surface area (Å²) in [5.74, 6) is 0.915. The van der Waals surface area contributed by atoms with Gasteiger partial charge in [-0.3, -0.25) is 0 Å². The van der Waals surface area contributed by atoms with Crippen molar-refractivity contribution in [2.45, 2.75) is 11.3 Å². The number of hydrogen-bond donors (Lipinski definition) is 2. The molecule has 0 amide bonds. The lowest BCUT2D eigenvalue weighted by Crippen LogP contribution is -2.25. The van der Waals surface area contributed by atoms with Crippen LogP contribution in [0.2, 0.25) is 5.02 Å². The van der Waals surface area contributed by atoms with Gasteiger partial charge in [0.2, 0.25) is 10.0 Å². The number of nitrogens with one attached hydrogen (secondary N) is 1. The molecule has 1 rings (SSSR count). The van der Waals surface area contributed by atoms with Gasteiger partial charge < -0.3 is 5.73 Å². The Labute approximate surface area is 111 Å². The normalized spacial score (nSPS) is 11.6. The summed E-state index contributed by atoms with van der Waals surface area (Å²) in [4.78, 5) is 0.0750. The smallest absolute Gasteiger partial charge is 0.242 e.